The van der Waals surface area contributed by atoms with E-state index in [0.29, 0.717) is 37.4 Å². The lowest BCUT2D eigenvalue weighted by atomic mass is 10.2. The number of ether oxygens (including phenoxy) is 2. The van der Waals surface area contributed by atoms with Gasteiger partial charge in [-0.25, -0.2) is 23.4 Å². The Hall–Kier alpha value is -1.55. The molecule has 4 atom stereocenters. The van der Waals surface area contributed by atoms with E-state index in [9.17, 15) is 8.42 Å². The van der Waals surface area contributed by atoms with Crippen molar-refractivity contribution in [3.63, 3.8) is 0 Å². The summed E-state index contributed by atoms with van der Waals surface area (Å²) < 4.78 is 45.2. The average Bonchev–Trinajstić information content (AvgIpc) is 3.81. The number of hydrogen-bond donors (Lipinski definition) is 1. The zero-order chi connectivity index (χ0) is 31.4. The van der Waals surface area contributed by atoms with Crippen molar-refractivity contribution < 1.29 is 17.9 Å². The van der Waals surface area contributed by atoms with E-state index in [1.165, 1.54) is 6.26 Å². The van der Waals surface area contributed by atoms with Crippen LogP contribution in [0.2, 0.25) is 15.7 Å². The molecule has 2 aliphatic carbocycles. The van der Waals surface area contributed by atoms with Gasteiger partial charge in [0.1, 0.15) is 16.8 Å². The van der Waals surface area contributed by atoms with Crippen molar-refractivity contribution in [2.45, 2.75) is 62.1 Å². The summed E-state index contributed by atoms with van der Waals surface area (Å²) in [6.45, 7) is 8.39. The third kappa shape index (κ3) is 10.5. The zero-order valence-electron chi connectivity index (χ0n) is 24.7. The van der Waals surface area contributed by atoms with E-state index in [0.717, 1.165) is 50.4 Å². The number of aromatic nitrogens is 4. The molecular weight excluding hydrogens is 659 g/mol. The first-order valence-corrected chi connectivity index (χ1v) is 19.2. The monoisotopic (exact) mass is 696 g/mol. The fraction of sp³-hybridized carbons (Fsp3) is 0.692. The molecule has 1 N–H and O–H groups in total. The van der Waals surface area contributed by atoms with Gasteiger partial charge in [-0.05, 0) is 62.7 Å². The second-order valence-corrected chi connectivity index (χ2v) is 17.3. The van der Waals surface area contributed by atoms with Crippen molar-refractivity contribution in [2.24, 2.45) is 4.36 Å². The first-order chi connectivity index (χ1) is 20.2. The number of hydrogen-bond acceptors (Lipinski definition) is 12. The van der Waals surface area contributed by atoms with Crippen LogP contribution in [0.5, 0.6) is 0 Å². The molecule has 0 aromatic carbocycles. The molecule has 2 aliphatic heterocycles. The second-order valence-electron chi connectivity index (χ2n) is 11.2. The molecule has 2 aromatic rings. The smallest absolute Gasteiger partial charge is 0.226 e. The van der Waals surface area contributed by atoms with E-state index >= 15 is 0 Å². The molecule has 2 saturated heterocycles. The lowest BCUT2D eigenvalue weighted by Gasteiger charge is -2.34. The van der Waals surface area contributed by atoms with Gasteiger partial charge >= 0.3 is 0 Å². The Morgan fingerprint density at radius 2 is 1.30 bits per heavy atom. The van der Waals surface area contributed by atoms with Gasteiger partial charge in [0, 0.05) is 58.0 Å². The number of nitrogens with zero attached hydrogens (tertiary/aromatic N) is 7. The van der Waals surface area contributed by atoms with Crippen LogP contribution in [-0.2, 0) is 28.9 Å². The van der Waals surface area contributed by atoms with Crippen LogP contribution in [0.4, 0.5) is 17.5 Å². The maximum absolute atomic E-state index is 12.5. The Kier molecular flexibility index (Phi) is 11.7. The Morgan fingerprint density at radius 3 is 1.72 bits per heavy atom. The molecule has 0 radical (unpaired) electrons. The van der Waals surface area contributed by atoms with Gasteiger partial charge in [-0.2, -0.15) is 9.35 Å². The summed E-state index contributed by atoms with van der Waals surface area (Å²) in [5, 5.41) is 1.11. The highest BCUT2D eigenvalue weighted by atomic mass is 35.5. The molecule has 43 heavy (non-hydrogen) atoms. The average molecular weight is 698 g/mol. The molecule has 4 aliphatic rings. The second kappa shape index (κ2) is 14.7. The number of morpholine rings is 2. The van der Waals surface area contributed by atoms with Gasteiger partial charge < -0.3 is 19.3 Å². The molecule has 0 spiro atoms. The highest BCUT2D eigenvalue weighted by Crippen LogP contribution is 2.32. The normalized spacial score (nSPS) is 24.8. The first kappa shape index (κ1) is 34.3. The summed E-state index contributed by atoms with van der Waals surface area (Å²) in [6.07, 6.45) is 7.19. The van der Waals surface area contributed by atoms with Crippen molar-refractivity contribution in [2.75, 3.05) is 61.8 Å². The predicted octanol–water partition coefficient (Wildman–Crippen LogP) is 5.08. The van der Waals surface area contributed by atoms with Crippen LogP contribution >= 0.6 is 34.8 Å². The molecule has 6 rings (SSSR count). The molecule has 0 bridgehead atoms. The third-order valence-electron chi connectivity index (χ3n) is 7.23. The Bertz CT molecular complexity index is 1480. The van der Waals surface area contributed by atoms with E-state index in [2.05, 4.69) is 47.9 Å². The Balaban J connectivity index is 0.000000167. The quantitative estimate of drug-likeness (QED) is 0.331. The van der Waals surface area contributed by atoms with Crippen molar-refractivity contribution in [1.82, 2.24) is 19.9 Å². The standard InChI is InChI=1S/C13H19ClN4O2S.C9H11Cl2N3O.C4H9NOS/c1-9-8-20-6-5-18(9)12-7-11(15-13(14)16-12)17-21(2,19)10-3-4-10;1-6-5-15-3-2-14(6)8-4-7(10)12-9(11)13-8;1-7(5,6)4-2-3-4/h7,9-10H,3-6,8H2,1-2H3;4,6H,2-3,5H2,1H3;4-5H,2-3H2,1H3/t9-,21?;6-;/m11./s1. The van der Waals surface area contributed by atoms with Crippen LogP contribution in [0.1, 0.15) is 39.5 Å². The van der Waals surface area contributed by atoms with Crippen LogP contribution in [0.3, 0.4) is 0 Å². The number of rotatable bonds is 5. The largest absolute Gasteiger partial charge is 0.377 e. The summed E-state index contributed by atoms with van der Waals surface area (Å²) in [4.78, 5) is 20.6. The molecular formula is C26H39Cl3N8O4S2. The Morgan fingerprint density at radius 1 is 0.814 bits per heavy atom. The van der Waals surface area contributed by atoms with Gasteiger partial charge in [-0.3, -0.25) is 4.78 Å². The molecule has 12 nitrogen and oxygen atoms in total. The van der Waals surface area contributed by atoms with Crippen molar-refractivity contribution >= 4 is 71.7 Å². The first-order valence-electron chi connectivity index (χ1n) is 14.1. The van der Waals surface area contributed by atoms with Gasteiger partial charge in [0.25, 0.3) is 0 Å². The van der Waals surface area contributed by atoms with Crippen LogP contribution in [0.25, 0.3) is 0 Å². The van der Waals surface area contributed by atoms with Gasteiger partial charge in [0.2, 0.25) is 10.6 Å². The molecule has 0 amide bonds. The molecule has 240 valence electrons. The maximum Gasteiger partial charge on any atom is 0.226 e. The van der Waals surface area contributed by atoms with E-state index in [1.807, 2.05) is 0 Å². The van der Waals surface area contributed by atoms with Crippen molar-refractivity contribution in [3.8, 4) is 0 Å². The van der Waals surface area contributed by atoms with Crippen LogP contribution in [-0.4, -0.2) is 103 Å². The van der Waals surface area contributed by atoms with Gasteiger partial charge in [0.05, 0.1) is 48.2 Å². The van der Waals surface area contributed by atoms with Gasteiger partial charge in [-0.1, -0.05) is 11.6 Å². The zero-order valence-corrected chi connectivity index (χ0v) is 28.6. The summed E-state index contributed by atoms with van der Waals surface area (Å²) in [5.74, 6) is 1.88. The molecule has 2 aromatic heterocycles. The number of anilines is 2. The van der Waals surface area contributed by atoms with Crippen LogP contribution in [0.15, 0.2) is 16.5 Å². The minimum atomic E-state index is -2.24. The minimum Gasteiger partial charge on any atom is -0.377 e. The predicted molar refractivity (Wildman–Crippen MR) is 173 cm³/mol. The molecule has 17 heteroatoms. The van der Waals surface area contributed by atoms with Gasteiger partial charge in [-0.15, -0.1) is 0 Å². The fourth-order valence-corrected chi connectivity index (χ4v) is 7.76. The molecule has 2 unspecified atom stereocenters. The van der Waals surface area contributed by atoms with E-state index in [-0.39, 0.29) is 33.2 Å². The lowest BCUT2D eigenvalue weighted by molar-refractivity contribution is 0.0985. The lowest BCUT2D eigenvalue weighted by Crippen LogP contribution is -2.44. The number of halogens is 3. The minimum absolute atomic E-state index is 0.135. The molecule has 4 fully saturated rings. The molecule has 4 heterocycles. The highest BCUT2D eigenvalue weighted by Gasteiger charge is 2.31. The fourth-order valence-electron chi connectivity index (χ4n) is 4.53. The summed E-state index contributed by atoms with van der Waals surface area (Å²) in [7, 11) is -4.36. The SMILES string of the molecule is CS(=N)(=O)C1CC1.C[C@@H]1COCCN1c1cc(Cl)nc(Cl)n1.C[C@@H]1COCCN1c1cc(N=S(C)(=O)C2CC2)nc(Cl)n1. The van der Waals surface area contributed by atoms with Crippen LogP contribution < -0.4 is 9.80 Å². The Labute approximate surface area is 269 Å². The highest BCUT2D eigenvalue weighted by molar-refractivity contribution is 7.94. The van der Waals surface area contributed by atoms with E-state index in [4.69, 9.17) is 49.1 Å². The summed E-state index contributed by atoms with van der Waals surface area (Å²) in [5.41, 5.74) is 0. The summed E-state index contributed by atoms with van der Waals surface area (Å²) in [6, 6.07) is 3.97. The van der Waals surface area contributed by atoms with Crippen molar-refractivity contribution in [1.29, 1.82) is 4.78 Å². The molecule has 2 saturated carbocycles. The maximum atomic E-state index is 12.5. The van der Waals surface area contributed by atoms with Gasteiger partial charge in [0.15, 0.2) is 5.82 Å². The van der Waals surface area contributed by atoms with Crippen molar-refractivity contribution in [3.05, 3.63) is 27.9 Å². The van der Waals surface area contributed by atoms with E-state index in [1.54, 1.807) is 18.4 Å². The topological polar surface area (TPSA) is 147 Å². The summed E-state index contributed by atoms with van der Waals surface area (Å²) >= 11 is 17.6. The third-order valence-corrected chi connectivity index (χ3v) is 11.8. The number of nitrogens with one attached hydrogen (secondary N) is 1. The van der Waals surface area contributed by atoms with Crippen LogP contribution in [0, 0.1) is 4.78 Å². The van der Waals surface area contributed by atoms with E-state index < -0.39 is 19.5 Å².